The molecule has 3 heterocycles. The third-order valence-corrected chi connectivity index (χ3v) is 7.43. The molecule has 0 spiro atoms. The summed E-state index contributed by atoms with van der Waals surface area (Å²) in [7, 11) is 1.66. The Kier molecular flexibility index (Phi) is 5.86. The maximum absolute atomic E-state index is 6.33. The molecule has 196 valence electrons. The number of fused-ring (bicyclic) bond motifs is 4. The van der Waals surface area contributed by atoms with E-state index in [1.54, 1.807) is 7.11 Å². The van der Waals surface area contributed by atoms with Gasteiger partial charge in [0.15, 0.2) is 17.5 Å². The van der Waals surface area contributed by atoms with Crippen molar-refractivity contribution in [3.63, 3.8) is 0 Å². The highest BCUT2D eigenvalue weighted by molar-refractivity contribution is 6.51. The lowest BCUT2D eigenvalue weighted by Crippen LogP contribution is -2.46. The average molecular weight is 545 g/mol. The van der Waals surface area contributed by atoms with E-state index < -0.39 is 0 Å². The van der Waals surface area contributed by atoms with Crippen LogP contribution in [0.5, 0.6) is 5.75 Å². The van der Waals surface area contributed by atoms with Crippen LogP contribution in [0, 0.1) is 6.92 Å². The van der Waals surface area contributed by atoms with Crippen molar-refractivity contribution >= 4 is 46.2 Å². The topological polar surface area (TPSA) is 67.0 Å². The van der Waals surface area contributed by atoms with Crippen molar-refractivity contribution in [2.45, 2.75) is 13.0 Å². The van der Waals surface area contributed by atoms with Gasteiger partial charge in [-0.2, -0.15) is 5.10 Å². The number of para-hydroxylation sites is 3. The smallest absolute Gasteiger partial charge is 0.179 e. The minimum Gasteiger partial charge on any atom is -0.497 e. The Morgan fingerprint density at radius 3 is 2.30 bits per heavy atom. The van der Waals surface area contributed by atoms with Gasteiger partial charge in [-0.05, 0) is 73.2 Å². The Hall–Kier alpha value is -4.88. The maximum atomic E-state index is 6.33. The fraction of sp³-hybridized carbons (Fsp3) is 0.0938. The van der Waals surface area contributed by atoms with Gasteiger partial charge < -0.3 is 15.0 Å². The number of hydrogen-bond donors (Lipinski definition) is 1. The van der Waals surface area contributed by atoms with Crippen LogP contribution in [0.25, 0.3) is 5.69 Å². The van der Waals surface area contributed by atoms with Crippen LogP contribution in [0.1, 0.15) is 22.9 Å². The first kappa shape index (κ1) is 24.2. The van der Waals surface area contributed by atoms with Crippen molar-refractivity contribution in [3.05, 3.63) is 125 Å². The fourth-order valence-electron chi connectivity index (χ4n) is 5.32. The molecule has 0 radical (unpaired) electrons. The summed E-state index contributed by atoms with van der Waals surface area (Å²) in [6.07, 6.45) is 0. The van der Waals surface area contributed by atoms with Gasteiger partial charge in [0, 0.05) is 16.3 Å². The third kappa shape index (κ3) is 4.03. The molecule has 7 rings (SSSR count). The van der Waals surface area contributed by atoms with E-state index in [4.69, 9.17) is 31.4 Å². The summed E-state index contributed by atoms with van der Waals surface area (Å²) < 4.78 is 7.27. The number of benzene rings is 4. The van der Waals surface area contributed by atoms with Gasteiger partial charge in [0.2, 0.25) is 0 Å². The molecule has 0 aliphatic carbocycles. The summed E-state index contributed by atoms with van der Waals surface area (Å²) in [5, 5.41) is 9.19. The molecule has 0 bridgehead atoms. The summed E-state index contributed by atoms with van der Waals surface area (Å²) in [4.78, 5) is 12.6. The summed E-state index contributed by atoms with van der Waals surface area (Å²) in [6, 6.07) is 33.8. The van der Waals surface area contributed by atoms with E-state index in [0.717, 1.165) is 51.1 Å². The second-order valence-corrected chi connectivity index (χ2v) is 10.1. The van der Waals surface area contributed by atoms with Gasteiger partial charge in [0.05, 0.1) is 35.9 Å². The van der Waals surface area contributed by atoms with E-state index in [-0.39, 0.29) is 6.04 Å². The molecular weight excluding hydrogens is 520 g/mol. The molecule has 2 aliphatic heterocycles. The number of nitrogens with zero attached hydrogens (tertiary/aromatic N) is 5. The van der Waals surface area contributed by atoms with Crippen molar-refractivity contribution in [3.8, 4) is 11.4 Å². The fourth-order valence-corrected chi connectivity index (χ4v) is 5.44. The molecule has 0 saturated carbocycles. The zero-order valence-corrected chi connectivity index (χ0v) is 22.7. The summed E-state index contributed by atoms with van der Waals surface area (Å²) in [6.45, 7) is 2.04. The molecule has 40 heavy (non-hydrogen) atoms. The van der Waals surface area contributed by atoms with Crippen molar-refractivity contribution in [2.75, 3.05) is 17.3 Å². The summed E-state index contributed by atoms with van der Waals surface area (Å²) in [5.74, 6) is 2.91. The molecule has 8 heteroatoms. The second kappa shape index (κ2) is 9.70. The maximum Gasteiger partial charge on any atom is 0.179 e. The standard InChI is InChI=1S/C32H25ClN6O/c1-20-28-29(21-12-14-22(33)15-13-21)38-27-11-7-6-10-26(27)35-30(34-23-16-18-25(40-2)19-17-23)32(38)36-31(28)39(37-20)24-8-4-3-5-9-24/h3-19,29H,1-2H3,(H,34,35)/t29-/m1/s1. The first-order valence-corrected chi connectivity index (χ1v) is 13.4. The van der Waals surface area contributed by atoms with Crippen LogP contribution < -0.4 is 15.0 Å². The van der Waals surface area contributed by atoms with Gasteiger partial charge in [-0.3, -0.25) is 0 Å². The normalized spacial score (nSPS) is 15.4. The Morgan fingerprint density at radius 1 is 0.825 bits per heavy atom. The van der Waals surface area contributed by atoms with Crippen LogP contribution in [-0.2, 0) is 0 Å². The van der Waals surface area contributed by atoms with Gasteiger partial charge in [-0.15, -0.1) is 0 Å². The molecule has 0 saturated heterocycles. The van der Waals surface area contributed by atoms with E-state index >= 15 is 0 Å². The zero-order valence-electron chi connectivity index (χ0n) is 21.9. The van der Waals surface area contributed by atoms with Crippen LogP contribution in [0.3, 0.4) is 0 Å². The third-order valence-electron chi connectivity index (χ3n) is 7.18. The summed E-state index contributed by atoms with van der Waals surface area (Å²) >= 11 is 6.33. The number of aryl methyl sites for hydroxylation is 1. The molecule has 0 unspecified atom stereocenters. The van der Waals surface area contributed by atoms with Crippen LogP contribution in [0.2, 0.25) is 5.02 Å². The van der Waals surface area contributed by atoms with Crippen LogP contribution in [-0.4, -0.2) is 28.6 Å². The second-order valence-electron chi connectivity index (χ2n) is 9.63. The molecule has 1 atom stereocenters. The lowest BCUT2D eigenvalue weighted by molar-refractivity contribution is 0.415. The van der Waals surface area contributed by atoms with E-state index in [1.165, 1.54) is 0 Å². The number of aliphatic imine (C=N–C) groups is 2. The highest BCUT2D eigenvalue weighted by Crippen LogP contribution is 2.48. The first-order valence-electron chi connectivity index (χ1n) is 13.0. The molecule has 5 aromatic rings. The Labute approximate surface area is 237 Å². The Bertz CT molecular complexity index is 1780. The van der Waals surface area contributed by atoms with Crippen molar-refractivity contribution in [2.24, 2.45) is 9.98 Å². The van der Waals surface area contributed by atoms with E-state index in [0.29, 0.717) is 16.7 Å². The SMILES string of the molecule is COc1ccc(NC2=Nc3ccccc3N3C2=Nc2c(c(C)nn2-c2ccccc2)[C@H]3c2ccc(Cl)cc2)cc1. The van der Waals surface area contributed by atoms with Crippen molar-refractivity contribution in [1.29, 1.82) is 0 Å². The van der Waals surface area contributed by atoms with Crippen molar-refractivity contribution in [1.82, 2.24) is 9.78 Å². The van der Waals surface area contributed by atoms with Crippen LogP contribution >= 0.6 is 11.6 Å². The summed E-state index contributed by atoms with van der Waals surface area (Å²) in [5.41, 5.74) is 6.67. The van der Waals surface area contributed by atoms with Crippen LogP contribution in [0.4, 0.5) is 22.9 Å². The van der Waals surface area contributed by atoms with E-state index in [9.17, 15) is 0 Å². The number of anilines is 2. The quantitative estimate of drug-likeness (QED) is 0.252. The predicted molar refractivity (Wildman–Crippen MR) is 161 cm³/mol. The number of rotatable bonds is 4. The lowest BCUT2D eigenvalue weighted by Gasteiger charge is -2.40. The van der Waals surface area contributed by atoms with Gasteiger partial charge in [-0.1, -0.05) is 54.1 Å². The monoisotopic (exact) mass is 544 g/mol. The number of ether oxygens (including phenoxy) is 1. The molecule has 7 nitrogen and oxygen atoms in total. The first-order chi connectivity index (χ1) is 19.6. The van der Waals surface area contributed by atoms with E-state index in [2.05, 4.69) is 28.4 Å². The Morgan fingerprint density at radius 2 is 1.55 bits per heavy atom. The van der Waals surface area contributed by atoms with Gasteiger partial charge in [0.25, 0.3) is 0 Å². The molecule has 4 aromatic carbocycles. The number of methoxy groups -OCH3 is 1. The average Bonchev–Trinajstić information content (AvgIpc) is 3.33. The number of hydrogen-bond acceptors (Lipinski definition) is 6. The highest BCUT2D eigenvalue weighted by atomic mass is 35.5. The van der Waals surface area contributed by atoms with Gasteiger partial charge in [0.1, 0.15) is 5.75 Å². The molecule has 1 aromatic heterocycles. The highest BCUT2D eigenvalue weighted by Gasteiger charge is 2.41. The molecule has 0 amide bonds. The van der Waals surface area contributed by atoms with E-state index in [1.807, 2.05) is 96.5 Å². The van der Waals surface area contributed by atoms with Crippen molar-refractivity contribution < 1.29 is 4.74 Å². The lowest BCUT2D eigenvalue weighted by atomic mass is 9.93. The predicted octanol–water partition coefficient (Wildman–Crippen LogP) is 7.64. The molecule has 1 N–H and O–H groups in total. The number of halogens is 1. The van der Waals surface area contributed by atoms with Crippen LogP contribution in [0.15, 0.2) is 113 Å². The number of aromatic nitrogens is 2. The van der Waals surface area contributed by atoms with Gasteiger partial charge >= 0.3 is 0 Å². The zero-order chi connectivity index (χ0) is 27.2. The number of nitrogens with one attached hydrogen (secondary N) is 1. The minimum absolute atomic E-state index is 0.207. The minimum atomic E-state index is -0.207. The van der Waals surface area contributed by atoms with Gasteiger partial charge in [-0.25, -0.2) is 14.7 Å². The largest absolute Gasteiger partial charge is 0.497 e. The Balaban J connectivity index is 1.47. The molecule has 2 aliphatic rings. The number of amidine groups is 2. The molecule has 0 fully saturated rings. The molecular formula is C32H25ClN6O.